The first-order valence-electron chi connectivity index (χ1n) is 8.26. The van der Waals surface area contributed by atoms with E-state index in [1.54, 1.807) is 30.3 Å². The van der Waals surface area contributed by atoms with Gasteiger partial charge in [0.15, 0.2) is 0 Å². The number of alkyl halides is 3. The molecule has 0 heterocycles. The normalized spacial score (nSPS) is 12.5. The van der Waals surface area contributed by atoms with Gasteiger partial charge in [-0.1, -0.05) is 54.1 Å². The number of halogens is 4. The number of urea groups is 1. The third-order valence-corrected chi connectivity index (χ3v) is 4.07. The van der Waals surface area contributed by atoms with Crippen molar-refractivity contribution in [1.82, 2.24) is 10.6 Å². The second kappa shape index (κ2) is 9.62. The van der Waals surface area contributed by atoms with Gasteiger partial charge < -0.3 is 15.4 Å². The molecule has 0 aromatic heterocycles. The van der Waals surface area contributed by atoms with Crippen LogP contribution in [0.3, 0.4) is 0 Å². The minimum atomic E-state index is -4.33. The summed E-state index contributed by atoms with van der Waals surface area (Å²) in [4.78, 5) is 12.0. The number of hydrogen-bond acceptors (Lipinski definition) is 2. The van der Waals surface area contributed by atoms with Crippen LogP contribution in [-0.2, 0) is 17.9 Å². The maximum Gasteiger partial charge on any atom is 0.411 e. The standard InChI is InChI=1S/C19H20ClF3N2O2/c1-13(16-4-2-3-5-17(16)20)25-18(26)24-10-14-6-8-15(9-7-14)11-27-12-19(21,22)23/h2-9,13H,10-12H2,1H3,(H2,24,25,26). The number of rotatable bonds is 7. The first kappa shape index (κ1) is 21.1. The van der Waals surface area contributed by atoms with Crippen LogP contribution in [0, 0.1) is 0 Å². The highest BCUT2D eigenvalue weighted by Crippen LogP contribution is 2.22. The third-order valence-electron chi connectivity index (χ3n) is 3.73. The van der Waals surface area contributed by atoms with Crippen LogP contribution in [0.15, 0.2) is 48.5 Å². The Labute approximate surface area is 160 Å². The van der Waals surface area contributed by atoms with E-state index in [1.165, 1.54) is 0 Å². The summed E-state index contributed by atoms with van der Waals surface area (Å²) in [7, 11) is 0. The van der Waals surface area contributed by atoms with E-state index < -0.39 is 12.8 Å². The molecule has 0 aliphatic rings. The van der Waals surface area contributed by atoms with Crippen LogP contribution in [0.1, 0.15) is 29.7 Å². The van der Waals surface area contributed by atoms with Gasteiger partial charge in [0.25, 0.3) is 0 Å². The zero-order valence-corrected chi connectivity index (χ0v) is 15.4. The lowest BCUT2D eigenvalue weighted by molar-refractivity contribution is -0.176. The molecule has 0 fully saturated rings. The van der Waals surface area contributed by atoms with Crippen molar-refractivity contribution in [3.8, 4) is 0 Å². The first-order valence-corrected chi connectivity index (χ1v) is 8.63. The van der Waals surface area contributed by atoms with Crippen molar-refractivity contribution >= 4 is 17.6 Å². The highest BCUT2D eigenvalue weighted by Gasteiger charge is 2.27. The van der Waals surface area contributed by atoms with Crippen molar-refractivity contribution in [3.63, 3.8) is 0 Å². The molecule has 4 nitrogen and oxygen atoms in total. The second-order valence-electron chi connectivity index (χ2n) is 5.99. The molecule has 0 saturated heterocycles. The van der Waals surface area contributed by atoms with Crippen molar-refractivity contribution in [2.45, 2.75) is 32.3 Å². The maximum absolute atomic E-state index is 12.0. The minimum Gasteiger partial charge on any atom is -0.367 e. The predicted molar refractivity (Wildman–Crippen MR) is 97.4 cm³/mol. The molecule has 2 aromatic carbocycles. The molecule has 2 aromatic rings. The lowest BCUT2D eigenvalue weighted by atomic mass is 10.1. The van der Waals surface area contributed by atoms with Gasteiger partial charge in [-0.25, -0.2) is 4.79 Å². The number of nitrogens with one attached hydrogen (secondary N) is 2. The van der Waals surface area contributed by atoms with E-state index in [0.29, 0.717) is 10.6 Å². The molecule has 0 saturated carbocycles. The van der Waals surface area contributed by atoms with E-state index in [0.717, 1.165) is 11.1 Å². The second-order valence-corrected chi connectivity index (χ2v) is 6.40. The van der Waals surface area contributed by atoms with Gasteiger partial charge in [0.1, 0.15) is 6.61 Å². The predicted octanol–water partition coefficient (Wildman–Crippen LogP) is 4.98. The quantitative estimate of drug-likeness (QED) is 0.688. The summed E-state index contributed by atoms with van der Waals surface area (Å²) in [6.45, 7) is 0.713. The zero-order chi connectivity index (χ0) is 19.9. The van der Waals surface area contributed by atoms with E-state index >= 15 is 0 Å². The molecule has 2 amide bonds. The molecule has 1 unspecified atom stereocenters. The van der Waals surface area contributed by atoms with Crippen LogP contribution in [0.25, 0.3) is 0 Å². The average Bonchev–Trinajstić information content (AvgIpc) is 2.60. The highest BCUT2D eigenvalue weighted by molar-refractivity contribution is 6.31. The van der Waals surface area contributed by atoms with E-state index in [4.69, 9.17) is 11.6 Å². The minimum absolute atomic E-state index is 0.122. The van der Waals surface area contributed by atoms with Gasteiger partial charge in [0, 0.05) is 11.6 Å². The fraction of sp³-hybridized carbons (Fsp3) is 0.316. The summed E-state index contributed by atoms with van der Waals surface area (Å²) in [5.41, 5.74) is 2.26. The van der Waals surface area contributed by atoms with Crippen molar-refractivity contribution in [3.05, 3.63) is 70.2 Å². The molecule has 27 heavy (non-hydrogen) atoms. The Hall–Kier alpha value is -2.25. The molecule has 0 aliphatic heterocycles. The molecule has 8 heteroatoms. The van der Waals surface area contributed by atoms with Gasteiger partial charge in [0.2, 0.25) is 0 Å². The third kappa shape index (κ3) is 7.48. The van der Waals surface area contributed by atoms with Crippen molar-refractivity contribution in [2.75, 3.05) is 6.61 Å². The SMILES string of the molecule is CC(NC(=O)NCc1ccc(COCC(F)(F)F)cc1)c1ccccc1Cl. The molecular weight excluding hydrogens is 381 g/mol. The van der Waals surface area contributed by atoms with E-state index in [2.05, 4.69) is 15.4 Å². The number of benzene rings is 2. The first-order chi connectivity index (χ1) is 12.7. The molecule has 146 valence electrons. The number of carbonyl (C=O) groups is 1. The fourth-order valence-electron chi connectivity index (χ4n) is 2.37. The van der Waals surface area contributed by atoms with Gasteiger partial charge >= 0.3 is 12.2 Å². The Morgan fingerprint density at radius 2 is 1.74 bits per heavy atom. The van der Waals surface area contributed by atoms with Gasteiger partial charge in [-0.2, -0.15) is 13.2 Å². The van der Waals surface area contributed by atoms with Crippen LogP contribution >= 0.6 is 11.6 Å². The van der Waals surface area contributed by atoms with E-state index in [-0.39, 0.29) is 25.2 Å². The van der Waals surface area contributed by atoms with Crippen LogP contribution in [0.4, 0.5) is 18.0 Å². The summed E-state index contributed by atoms with van der Waals surface area (Å²) in [5, 5.41) is 6.11. The Kier molecular flexibility index (Phi) is 7.50. The fourth-order valence-corrected chi connectivity index (χ4v) is 2.67. The summed E-state index contributed by atoms with van der Waals surface area (Å²) in [6.07, 6.45) is -4.33. The molecule has 2 N–H and O–H groups in total. The van der Waals surface area contributed by atoms with E-state index in [9.17, 15) is 18.0 Å². The molecule has 0 spiro atoms. The highest BCUT2D eigenvalue weighted by atomic mass is 35.5. The van der Waals surface area contributed by atoms with Gasteiger partial charge in [0.05, 0.1) is 12.6 Å². The molecule has 2 rings (SSSR count). The monoisotopic (exact) mass is 400 g/mol. The molecular formula is C19H20ClF3N2O2. The number of amides is 2. The van der Waals surface area contributed by atoms with Crippen LogP contribution < -0.4 is 10.6 Å². The number of hydrogen-bond donors (Lipinski definition) is 2. The summed E-state index contributed by atoms with van der Waals surface area (Å²) in [6, 6.07) is 13.4. The maximum atomic E-state index is 12.0. The van der Waals surface area contributed by atoms with Crippen molar-refractivity contribution in [2.24, 2.45) is 0 Å². The Bertz CT molecular complexity index is 751. The van der Waals surface area contributed by atoms with E-state index in [1.807, 2.05) is 25.1 Å². The topological polar surface area (TPSA) is 50.4 Å². The lowest BCUT2D eigenvalue weighted by Gasteiger charge is -2.16. The largest absolute Gasteiger partial charge is 0.411 e. The molecule has 0 aliphatic carbocycles. The van der Waals surface area contributed by atoms with Gasteiger partial charge in [-0.15, -0.1) is 0 Å². The molecule has 1 atom stereocenters. The summed E-state index contributed by atoms with van der Waals surface area (Å²) in [5.74, 6) is 0. The van der Waals surface area contributed by atoms with Crippen LogP contribution in [0.2, 0.25) is 5.02 Å². The zero-order valence-electron chi connectivity index (χ0n) is 14.6. The summed E-state index contributed by atoms with van der Waals surface area (Å²) >= 11 is 6.11. The van der Waals surface area contributed by atoms with Crippen LogP contribution in [-0.4, -0.2) is 18.8 Å². The Balaban J connectivity index is 1.77. The van der Waals surface area contributed by atoms with Crippen molar-refractivity contribution in [1.29, 1.82) is 0 Å². The average molecular weight is 401 g/mol. The Morgan fingerprint density at radius 3 is 2.37 bits per heavy atom. The molecule has 0 radical (unpaired) electrons. The van der Waals surface area contributed by atoms with Crippen molar-refractivity contribution < 1.29 is 22.7 Å². The summed E-state index contributed by atoms with van der Waals surface area (Å²) < 4.78 is 40.7. The Morgan fingerprint density at radius 1 is 1.11 bits per heavy atom. The number of carbonyl (C=O) groups excluding carboxylic acids is 1. The lowest BCUT2D eigenvalue weighted by Crippen LogP contribution is -2.36. The number of ether oxygens (including phenoxy) is 1. The van der Waals surface area contributed by atoms with Gasteiger partial charge in [-0.3, -0.25) is 0 Å². The van der Waals surface area contributed by atoms with Crippen LogP contribution in [0.5, 0.6) is 0 Å². The van der Waals surface area contributed by atoms with Gasteiger partial charge in [-0.05, 0) is 29.7 Å². The molecule has 0 bridgehead atoms. The smallest absolute Gasteiger partial charge is 0.367 e.